The summed E-state index contributed by atoms with van der Waals surface area (Å²) in [7, 11) is -3.82. The summed E-state index contributed by atoms with van der Waals surface area (Å²) in [5.74, 6) is -0.253. The average molecular weight is 298 g/mol. The van der Waals surface area contributed by atoms with Crippen LogP contribution < -0.4 is 4.72 Å². The largest absolute Gasteiger partial charge is 0.360 e. The van der Waals surface area contributed by atoms with E-state index in [9.17, 15) is 12.8 Å². The van der Waals surface area contributed by atoms with Gasteiger partial charge in [0.15, 0.2) is 5.76 Å². The summed E-state index contributed by atoms with van der Waals surface area (Å²) in [4.78, 5) is 0.000638. The van der Waals surface area contributed by atoms with Crippen molar-refractivity contribution in [1.82, 2.24) is 9.88 Å². The molecule has 0 spiro atoms. The van der Waals surface area contributed by atoms with Gasteiger partial charge in [0, 0.05) is 11.6 Å². The number of halogens is 1. The van der Waals surface area contributed by atoms with E-state index in [1.54, 1.807) is 26.0 Å². The zero-order valence-corrected chi connectivity index (χ0v) is 12.2. The van der Waals surface area contributed by atoms with Crippen molar-refractivity contribution in [1.29, 1.82) is 0 Å². The highest BCUT2D eigenvalue weighted by atomic mass is 32.2. The van der Waals surface area contributed by atoms with E-state index >= 15 is 0 Å². The summed E-state index contributed by atoms with van der Waals surface area (Å²) >= 11 is 0. The number of nitrogens with zero attached hydrogens (tertiary/aromatic N) is 1. The molecule has 1 atom stereocenters. The maximum absolute atomic E-state index is 13.7. The Morgan fingerprint density at radius 1 is 1.30 bits per heavy atom. The molecule has 20 heavy (non-hydrogen) atoms. The monoisotopic (exact) mass is 298 g/mol. The minimum atomic E-state index is -3.82. The van der Waals surface area contributed by atoms with Crippen LogP contribution in [0.5, 0.6) is 0 Å². The zero-order valence-electron chi connectivity index (χ0n) is 11.3. The molecule has 0 fully saturated rings. The minimum absolute atomic E-state index is 0.000638. The van der Waals surface area contributed by atoms with Crippen molar-refractivity contribution in [3.63, 3.8) is 0 Å². The van der Waals surface area contributed by atoms with Gasteiger partial charge in [0.2, 0.25) is 10.0 Å². The van der Waals surface area contributed by atoms with Gasteiger partial charge in [-0.05, 0) is 26.8 Å². The molecule has 2 aromatic rings. The molecule has 0 aliphatic carbocycles. The Hall–Kier alpha value is -1.73. The van der Waals surface area contributed by atoms with Crippen LogP contribution in [0, 0.1) is 19.7 Å². The summed E-state index contributed by atoms with van der Waals surface area (Å²) in [6.07, 6.45) is 0. The molecule has 0 saturated carbocycles. The van der Waals surface area contributed by atoms with Gasteiger partial charge < -0.3 is 4.52 Å². The van der Waals surface area contributed by atoms with E-state index in [0.717, 1.165) is 0 Å². The number of aryl methyl sites for hydroxylation is 2. The van der Waals surface area contributed by atoms with Gasteiger partial charge in [-0.25, -0.2) is 17.5 Å². The molecule has 1 N–H and O–H groups in total. The van der Waals surface area contributed by atoms with Crippen LogP contribution >= 0.6 is 0 Å². The fourth-order valence-corrected chi connectivity index (χ4v) is 3.59. The van der Waals surface area contributed by atoms with Gasteiger partial charge in [-0.1, -0.05) is 23.4 Å². The maximum atomic E-state index is 13.7. The van der Waals surface area contributed by atoms with E-state index in [1.807, 2.05) is 0 Å². The van der Waals surface area contributed by atoms with Crippen LogP contribution in [0.4, 0.5) is 4.39 Å². The highest BCUT2D eigenvalue weighted by molar-refractivity contribution is 7.89. The van der Waals surface area contributed by atoms with E-state index in [-0.39, 0.29) is 21.9 Å². The first-order chi connectivity index (χ1) is 9.33. The molecule has 5 nitrogen and oxygen atoms in total. The Bertz CT molecular complexity index is 705. The first kappa shape index (κ1) is 14.7. The smallest absolute Gasteiger partial charge is 0.246 e. The Morgan fingerprint density at radius 2 is 1.95 bits per heavy atom. The van der Waals surface area contributed by atoms with Crippen molar-refractivity contribution in [2.45, 2.75) is 31.7 Å². The van der Waals surface area contributed by atoms with Gasteiger partial charge in [0.1, 0.15) is 16.4 Å². The molecular formula is C13H15FN2O3S. The summed E-state index contributed by atoms with van der Waals surface area (Å²) in [5.41, 5.74) is 0.554. The minimum Gasteiger partial charge on any atom is -0.360 e. The average Bonchev–Trinajstić information content (AvgIpc) is 2.69. The maximum Gasteiger partial charge on any atom is 0.246 e. The van der Waals surface area contributed by atoms with Gasteiger partial charge in [0.25, 0.3) is 0 Å². The van der Waals surface area contributed by atoms with Crippen molar-refractivity contribution in [2.75, 3.05) is 0 Å². The number of hydrogen-bond acceptors (Lipinski definition) is 4. The summed E-state index contributed by atoms with van der Waals surface area (Å²) < 4.78 is 45.5. The van der Waals surface area contributed by atoms with E-state index in [2.05, 4.69) is 9.88 Å². The lowest BCUT2D eigenvalue weighted by Crippen LogP contribution is -2.28. The number of hydrogen-bond donors (Lipinski definition) is 1. The summed E-state index contributed by atoms with van der Waals surface area (Å²) in [6, 6.07) is 5.33. The van der Waals surface area contributed by atoms with Gasteiger partial charge in [-0.3, -0.25) is 0 Å². The van der Waals surface area contributed by atoms with Gasteiger partial charge in [-0.15, -0.1) is 0 Å². The molecule has 108 valence electrons. The van der Waals surface area contributed by atoms with Crippen LogP contribution in [0.3, 0.4) is 0 Å². The summed E-state index contributed by atoms with van der Waals surface area (Å²) in [5, 5.41) is 3.61. The Balaban J connectivity index is 2.32. The lowest BCUT2D eigenvalue weighted by atomic mass is 10.1. The van der Waals surface area contributed by atoms with Crippen molar-refractivity contribution in [3.8, 4) is 0 Å². The molecule has 2 rings (SSSR count). The Morgan fingerprint density at radius 3 is 2.50 bits per heavy atom. The Kier molecular flexibility index (Phi) is 3.92. The second-order valence-electron chi connectivity index (χ2n) is 4.52. The van der Waals surface area contributed by atoms with Gasteiger partial charge >= 0.3 is 0 Å². The summed E-state index contributed by atoms with van der Waals surface area (Å²) in [6.45, 7) is 4.63. The molecule has 0 aliphatic rings. The molecule has 1 aromatic carbocycles. The molecule has 0 radical (unpaired) electrons. The van der Waals surface area contributed by atoms with Crippen LogP contribution in [-0.2, 0) is 10.0 Å². The zero-order chi connectivity index (χ0) is 14.9. The third kappa shape index (κ3) is 2.73. The molecular weight excluding hydrogens is 283 g/mol. The lowest BCUT2D eigenvalue weighted by Gasteiger charge is -2.15. The van der Waals surface area contributed by atoms with E-state index in [4.69, 9.17) is 4.52 Å². The van der Waals surface area contributed by atoms with Crippen molar-refractivity contribution >= 4 is 10.0 Å². The number of nitrogens with one attached hydrogen (secondary N) is 1. The lowest BCUT2D eigenvalue weighted by molar-refractivity contribution is 0.390. The second-order valence-corrected chi connectivity index (χ2v) is 6.17. The van der Waals surface area contributed by atoms with E-state index in [0.29, 0.717) is 0 Å². The van der Waals surface area contributed by atoms with Crippen LogP contribution in [0.25, 0.3) is 0 Å². The molecule has 1 aromatic heterocycles. The molecule has 0 aliphatic heterocycles. The topological polar surface area (TPSA) is 72.2 Å². The van der Waals surface area contributed by atoms with Crippen LogP contribution in [-0.4, -0.2) is 13.6 Å². The molecule has 0 saturated heterocycles. The number of rotatable bonds is 4. The van der Waals surface area contributed by atoms with Crippen molar-refractivity contribution < 1.29 is 17.3 Å². The van der Waals surface area contributed by atoms with Crippen LogP contribution in [0.2, 0.25) is 0 Å². The predicted molar refractivity (Wildman–Crippen MR) is 71.1 cm³/mol. The third-order valence-corrected chi connectivity index (χ3v) is 4.72. The van der Waals surface area contributed by atoms with Crippen molar-refractivity contribution in [3.05, 3.63) is 47.1 Å². The number of sulfonamides is 1. The molecule has 7 heteroatoms. The van der Waals surface area contributed by atoms with Crippen LogP contribution in [0.1, 0.15) is 30.0 Å². The normalized spacial score (nSPS) is 13.4. The molecule has 1 unspecified atom stereocenters. The third-order valence-electron chi connectivity index (χ3n) is 2.94. The highest BCUT2D eigenvalue weighted by Gasteiger charge is 2.26. The number of aromatic nitrogens is 1. The van der Waals surface area contributed by atoms with Gasteiger partial charge in [0.05, 0.1) is 0 Å². The fraction of sp³-hybridized carbons (Fsp3) is 0.308. The highest BCUT2D eigenvalue weighted by Crippen LogP contribution is 2.23. The van der Waals surface area contributed by atoms with E-state index in [1.165, 1.54) is 19.1 Å². The van der Waals surface area contributed by atoms with Crippen LogP contribution in [0.15, 0.2) is 33.7 Å². The first-order valence-electron chi connectivity index (χ1n) is 6.02. The van der Waals surface area contributed by atoms with Crippen molar-refractivity contribution in [2.24, 2.45) is 0 Å². The standard InChI is InChI=1S/C13H15FN2O3S/c1-8(11-6-4-5-7-12(11)14)16-20(17,18)13-9(2)15-19-10(13)3/h4-8,16H,1-3H3. The Labute approximate surface area is 116 Å². The van der Waals surface area contributed by atoms with Gasteiger partial charge in [-0.2, -0.15) is 0 Å². The SMILES string of the molecule is Cc1noc(C)c1S(=O)(=O)NC(C)c1ccccc1F. The molecule has 0 bridgehead atoms. The fourth-order valence-electron chi connectivity index (χ4n) is 2.04. The molecule has 1 heterocycles. The molecule has 0 amide bonds. The number of benzene rings is 1. The predicted octanol–water partition coefficient (Wildman–Crippen LogP) is 2.47. The second kappa shape index (κ2) is 5.34. The first-order valence-corrected chi connectivity index (χ1v) is 7.51. The van der Waals surface area contributed by atoms with E-state index < -0.39 is 21.9 Å². The quantitative estimate of drug-likeness (QED) is 0.941.